The second kappa shape index (κ2) is 6.02. The Morgan fingerprint density at radius 3 is 2.70 bits per heavy atom. The molecular formula is C12H9BrN2O4S. The zero-order valence-corrected chi connectivity index (χ0v) is 12.4. The van der Waals surface area contributed by atoms with Crippen molar-refractivity contribution in [1.82, 2.24) is 0 Å². The van der Waals surface area contributed by atoms with Crippen molar-refractivity contribution in [3.63, 3.8) is 0 Å². The van der Waals surface area contributed by atoms with E-state index < -0.39 is 16.6 Å². The number of hydrogen-bond donors (Lipinski definition) is 2. The number of nitro benzene ring substituents is 1. The third kappa shape index (κ3) is 3.34. The number of halogens is 1. The molecule has 2 N–H and O–H groups in total. The molecule has 1 heterocycles. The first kappa shape index (κ1) is 14.5. The van der Waals surface area contributed by atoms with Gasteiger partial charge in [-0.3, -0.25) is 10.1 Å². The van der Waals surface area contributed by atoms with E-state index in [1.54, 1.807) is 11.3 Å². The zero-order chi connectivity index (χ0) is 14.7. The first-order valence-corrected chi connectivity index (χ1v) is 7.08. The number of aromatic carboxylic acids is 1. The molecule has 0 aliphatic heterocycles. The van der Waals surface area contributed by atoms with Crippen molar-refractivity contribution in [2.75, 3.05) is 5.32 Å². The summed E-state index contributed by atoms with van der Waals surface area (Å²) in [5, 5.41) is 22.8. The molecule has 2 rings (SSSR count). The van der Waals surface area contributed by atoms with E-state index in [2.05, 4.69) is 21.2 Å². The standard InChI is InChI=1S/C12H9BrN2O4S/c13-11-4-2-8(20-11)6-14-7-1-3-9(12(16)17)10(5-7)15(18)19/h1-5,14H,6H2,(H,16,17). The van der Waals surface area contributed by atoms with Gasteiger partial charge in [0.1, 0.15) is 5.56 Å². The van der Waals surface area contributed by atoms with E-state index in [9.17, 15) is 14.9 Å². The van der Waals surface area contributed by atoms with E-state index in [0.717, 1.165) is 8.66 Å². The van der Waals surface area contributed by atoms with Crippen LogP contribution in [0, 0.1) is 10.1 Å². The molecular weight excluding hydrogens is 348 g/mol. The molecule has 0 radical (unpaired) electrons. The maximum atomic E-state index is 10.9. The average Bonchev–Trinajstić information content (AvgIpc) is 2.81. The Bertz CT molecular complexity index is 671. The van der Waals surface area contributed by atoms with Crippen LogP contribution in [-0.4, -0.2) is 16.0 Å². The highest BCUT2D eigenvalue weighted by Gasteiger charge is 2.19. The Labute approximate surface area is 126 Å². The van der Waals surface area contributed by atoms with Gasteiger partial charge < -0.3 is 10.4 Å². The summed E-state index contributed by atoms with van der Waals surface area (Å²) in [5.41, 5.74) is -0.236. The third-order valence-corrected chi connectivity index (χ3v) is 4.14. The monoisotopic (exact) mass is 356 g/mol. The number of carboxylic acids is 1. The van der Waals surface area contributed by atoms with E-state index in [1.807, 2.05) is 12.1 Å². The average molecular weight is 357 g/mol. The van der Waals surface area contributed by atoms with Crippen LogP contribution in [-0.2, 0) is 6.54 Å². The number of carboxylic acid groups (broad SMARTS) is 1. The van der Waals surface area contributed by atoms with Gasteiger partial charge >= 0.3 is 5.97 Å². The lowest BCUT2D eigenvalue weighted by atomic mass is 10.1. The zero-order valence-electron chi connectivity index (χ0n) is 10.00. The topological polar surface area (TPSA) is 92.5 Å². The molecule has 0 saturated carbocycles. The fraction of sp³-hybridized carbons (Fsp3) is 0.0833. The third-order valence-electron chi connectivity index (χ3n) is 2.52. The molecule has 0 amide bonds. The molecule has 1 aromatic carbocycles. The smallest absolute Gasteiger partial charge is 0.342 e. The maximum absolute atomic E-state index is 10.9. The van der Waals surface area contributed by atoms with Crippen LogP contribution in [0.2, 0.25) is 0 Å². The molecule has 1 aromatic heterocycles. The number of carbonyl (C=O) groups is 1. The number of nitro groups is 1. The Balaban J connectivity index is 2.18. The molecule has 6 nitrogen and oxygen atoms in total. The van der Waals surface area contributed by atoms with Gasteiger partial charge in [0.2, 0.25) is 0 Å². The fourth-order valence-electron chi connectivity index (χ4n) is 1.61. The number of nitrogens with zero attached hydrogens (tertiary/aromatic N) is 1. The molecule has 0 unspecified atom stereocenters. The minimum absolute atomic E-state index is 0.320. The van der Waals surface area contributed by atoms with Crippen LogP contribution in [0.3, 0.4) is 0 Å². The molecule has 0 spiro atoms. The van der Waals surface area contributed by atoms with Crippen molar-refractivity contribution < 1.29 is 14.8 Å². The minimum Gasteiger partial charge on any atom is -0.477 e. The predicted octanol–water partition coefficient (Wildman–Crippen LogP) is 3.73. The van der Waals surface area contributed by atoms with Crippen LogP contribution < -0.4 is 5.32 Å². The van der Waals surface area contributed by atoms with Gasteiger partial charge in [0, 0.05) is 23.2 Å². The van der Waals surface area contributed by atoms with Crippen molar-refractivity contribution in [1.29, 1.82) is 0 Å². The first-order valence-electron chi connectivity index (χ1n) is 5.47. The molecule has 20 heavy (non-hydrogen) atoms. The molecule has 0 saturated heterocycles. The predicted molar refractivity (Wildman–Crippen MR) is 79.4 cm³/mol. The van der Waals surface area contributed by atoms with Crippen LogP contribution >= 0.6 is 27.3 Å². The molecule has 0 bridgehead atoms. The summed E-state index contributed by atoms with van der Waals surface area (Å²) < 4.78 is 1.00. The molecule has 0 aliphatic rings. The lowest BCUT2D eigenvalue weighted by Crippen LogP contribution is -2.04. The van der Waals surface area contributed by atoms with Gasteiger partial charge in [-0.1, -0.05) is 0 Å². The van der Waals surface area contributed by atoms with E-state index >= 15 is 0 Å². The lowest BCUT2D eigenvalue weighted by Gasteiger charge is -2.06. The molecule has 8 heteroatoms. The lowest BCUT2D eigenvalue weighted by molar-refractivity contribution is -0.385. The van der Waals surface area contributed by atoms with Crippen molar-refractivity contribution >= 4 is 44.6 Å². The van der Waals surface area contributed by atoms with Gasteiger partial charge in [0.25, 0.3) is 5.69 Å². The second-order valence-electron chi connectivity index (χ2n) is 3.85. The largest absolute Gasteiger partial charge is 0.477 e. The molecule has 104 valence electrons. The highest BCUT2D eigenvalue weighted by atomic mass is 79.9. The van der Waals surface area contributed by atoms with Crippen LogP contribution in [0.5, 0.6) is 0 Å². The summed E-state index contributed by atoms with van der Waals surface area (Å²) in [7, 11) is 0. The summed E-state index contributed by atoms with van der Waals surface area (Å²) in [6.07, 6.45) is 0. The normalized spacial score (nSPS) is 10.2. The van der Waals surface area contributed by atoms with Gasteiger partial charge in [-0.2, -0.15) is 0 Å². The number of rotatable bonds is 5. The fourth-order valence-corrected chi connectivity index (χ4v) is 3.03. The van der Waals surface area contributed by atoms with Crippen molar-refractivity contribution in [3.05, 3.63) is 54.7 Å². The van der Waals surface area contributed by atoms with E-state index in [0.29, 0.717) is 12.2 Å². The highest BCUT2D eigenvalue weighted by Crippen LogP contribution is 2.26. The van der Waals surface area contributed by atoms with Crippen LogP contribution in [0.15, 0.2) is 34.1 Å². The van der Waals surface area contributed by atoms with Crippen LogP contribution in [0.25, 0.3) is 0 Å². The van der Waals surface area contributed by atoms with E-state index in [4.69, 9.17) is 5.11 Å². The van der Waals surface area contributed by atoms with Gasteiger partial charge in [-0.15, -0.1) is 11.3 Å². The van der Waals surface area contributed by atoms with Gasteiger partial charge in [-0.25, -0.2) is 4.79 Å². The minimum atomic E-state index is -1.31. The molecule has 0 fully saturated rings. The Kier molecular flexibility index (Phi) is 4.35. The quantitative estimate of drug-likeness (QED) is 0.628. The van der Waals surface area contributed by atoms with E-state index in [1.165, 1.54) is 18.2 Å². The Morgan fingerprint density at radius 1 is 1.40 bits per heavy atom. The van der Waals surface area contributed by atoms with Gasteiger partial charge in [-0.05, 0) is 40.2 Å². The number of nitrogens with one attached hydrogen (secondary N) is 1. The van der Waals surface area contributed by atoms with Crippen molar-refractivity contribution in [2.45, 2.75) is 6.54 Å². The van der Waals surface area contributed by atoms with E-state index in [-0.39, 0.29) is 5.56 Å². The van der Waals surface area contributed by atoms with Gasteiger partial charge in [0.15, 0.2) is 0 Å². The highest BCUT2D eigenvalue weighted by molar-refractivity contribution is 9.11. The SMILES string of the molecule is O=C(O)c1ccc(NCc2ccc(Br)s2)cc1[N+](=O)[O-]. The van der Waals surface area contributed by atoms with Crippen molar-refractivity contribution in [2.24, 2.45) is 0 Å². The Hall–Kier alpha value is -1.93. The summed E-state index contributed by atoms with van der Waals surface area (Å²) in [6, 6.07) is 7.82. The summed E-state index contributed by atoms with van der Waals surface area (Å²) >= 11 is 4.90. The Morgan fingerprint density at radius 2 is 2.15 bits per heavy atom. The van der Waals surface area contributed by atoms with Crippen LogP contribution in [0.4, 0.5) is 11.4 Å². The number of benzene rings is 1. The molecule has 0 atom stereocenters. The summed E-state index contributed by atoms with van der Waals surface area (Å²) in [4.78, 5) is 22.1. The van der Waals surface area contributed by atoms with Gasteiger partial charge in [0.05, 0.1) is 8.71 Å². The first-order chi connectivity index (χ1) is 9.47. The van der Waals surface area contributed by atoms with Crippen LogP contribution in [0.1, 0.15) is 15.2 Å². The van der Waals surface area contributed by atoms with Crippen molar-refractivity contribution in [3.8, 4) is 0 Å². The summed E-state index contributed by atoms with van der Waals surface area (Å²) in [5.74, 6) is -1.31. The number of anilines is 1. The molecule has 2 aromatic rings. The number of hydrogen-bond acceptors (Lipinski definition) is 5. The molecule has 0 aliphatic carbocycles. The maximum Gasteiger partial charge on any atom is 0.342 e. The number of thiophene rings is 1. The second-order valence-corrected chi connectivity index (χ2v) is 6.40. The summed E-state index contributed by atoms with van der Waals surface area (Å²) in [6.45, 7) is 0.514.